The summed E-state index contributed by atoms with van der Waals surface area (Å²) < 4.78 is 15.9. The summed E-state index contributed by atoms with van der Waals surface area (Å²) in [5.41, 5.74) is 1.72. The molecule has 0 aliphatic heterocycles. The molecule has 1 heterocycles. The Hall–Kier alpha value is -2.08. The van der Waals surface area contributed by atoms with Gasteiger partial charge in [-0.05, 0) is 31.0 Å². The van der Waals surface area contributed by atoms with E-state index in [-0.39, 0.29) is 18.5 Å². The SMILES string of the molecule is COc1ccc(-c2nc(COC(=O)C3CCC3)cs2)cc1OC. The molecule has 0 N–H and O–H groups in total. The van der Waals surface area contributed by atoms with Crippen molar-refractivity contribution in [2.24, 2.45) is 5.92 Å². The Kier molecular flexibility index (Phi) is 4.81. The van der Waals surface area contributed by atoms with Crippen molar-refractivity contribution in [1.29, 1.82) is 0 Å². The zero-order valence-corrected chi connectivity index (χ0v) is 14.0. The Bertz CT molecular complexity index is 694. The highest BCUT2D eigenvalue weighted by atomic mass is 32.1. The summed E-state index contributed by atoms with van der Waals surface area (Å²) in [6, 6.07) is 5.68. The topological polar surface area (TPSA) is 57.7 Å². The maximum Gasteiger partial charge on any atom is 0.309 e. The molecule has 3 rings (SSSR count). The summed E-state index contributed by atoms with van der Waals surface area (Å²) in [4.78, 5) is 16.3. The molecule has 1 saturated carbocycles. The Morgan fingerprint density at radius 2 is 2.04 bits per heavy atom. The molecular formula is C17H19NO4S. The third-order valence-corrected chi connectivity index (χ3v) is 4.92. The minimum Gasteiger partial charge on any atom is -0.493 e. The number of esters is 1. The zero-order chi connectivity index (χ0) is 16.2. The fourth-order valence-corrected chi connectivity index (χ4v) is 3.18. The van der Waals surface area contributed by atoms with Gasteiger partial charge in [-0.1, -0.05) is 6.42 Å². The predicted molar refractivity (Wildman–Crippen MR) is 87.8 cm³/mol. The maximum atomic E-state index is 11.8. The van der Waals surface area contributed by atoms with E-state index in [0.29, 0.717) is 11.5 Å². The van der Waals surface area contributed by atoms with Gasteiger partial charge in [-0.3, -0.25) is 4.79 Å². The van der Waals surface area contributed by atoms with Gasteiger partial charge in [0.2, 0.25) is 0 Å². The number of rotatable bonds is 6. The molecule has 0 saturated heterocycles. The van der Waals surface area contributed by atoms with Crippen molar-refractivity contribution in [3.8, 4) is 22.1 Å². The molecule has 0 radical (unpaired) electrons. The first-order chi connectivity index (χ1) is 11.2. The quantitative estimate of drug-likeness (QED) is 0.755. The number of methoxy groups -OCH3 is 2. The van der Waals surface area contributed by atoms with Crippen LogP contribution in [0.15, 0.2) is 23.6 Å². The lowest BCUT2D eigenvalue weighted by molar-refractivity contribution is -0.152. The smallest absolute Gasteiger partial charge is 0.309 e. The molecule has 0 atom stereocenters. The Balaban J connectivity index is 1.67. The molecule has 1 aromatic heterocycles. The van der Waals surface area contributed by atoms with E-state index in [1.54, 1.807) is 14.2 Å². The van der Waals surface area contributed by atoms with Crippen LogP contribution in [0.1, 0.15) is 25.0 Å². The molecule has 1 fully saturated rings. The maximum absolute atomic E-state index is 11.8. The van der Waals surface area contributed by atoms with Crippen molar-refractivity contribution >= 4 is 17.3 Å². The summed E-state index contributed by atoms with van der Waals surface area (Å²) in [7, 11) is 3.21. The van der Waals surface area contributed by atoms with Gasteiger partial charge < -0.3 is 14.2 Å². The van der Waals surface area contributed by atoms with Gasteiger partial charge in [0.1, 0.15) is 11.6 Å². The Morgan fingerprint density at radius 3 is 2.70 bits per heavy atom. The minimum absolute atomic E-state index is 0.0963. The fraction of sp³-hybridized carbons (Fsp3) is 0.412. The van der Waals surface area contributed by atoms with Crippen LogP contribution in [0.4, 0.5) is 0 Å². The molecule has 6 heteroatoms. The molecule has 0 unspecified atom stereocenters. The largest absolute Gasteiger partial charge is 0.493 e. The number of hydrogen-bond donors (Lipinski definition) is 0. The number of carbonyl (C=O) groups excluding carboxylic acids is 1. The average Bonchev–Trinajstić information content (AvgIpc) is 2.99. The van der Waals surface area contributed by atoms with Crippen molar-refractivity contribution in [1.82, 2.24) is 4.98 Å². The van der Waals surface area contributed by atoms with Crippen LogP contribution >= 0.6 is 11.3 Å². The van der Waals surface area contributed by atoms with Gasteiger partial charge in [-0.25, -0.2) is 4.98 Å². The van der Waals surface area contributed by atoms with Gasteiger partial charge in [0.15, 0.2) is 11.5 Å². The first-order valence-corrected chi connectivity index (χ1v) is 8.42. The molecule has 1 aliphatic carbocycles. The number of thiazole rings is 1. The summed E-state index contributed by atoms with van der Waals surface area (Å²) in [6.07, 6.45) is 3.03. The van der Waals surface area contributed by atoms with E-state index in [9.17, 15) is 4.79 Å². The molecule has 0 bridgehead atoms. The standard InChI is InChI=1S/C17H19NO4S/c1-20-14-7-6-12(8-15(14)21-2)16-18-13(10-23-16)9-22-17(19)11-4-3-5-11/h6-8,10-11H,3-5,9H2,1-2H3. The highest BCUT2D eigenvalue weighted by molar-refractivity contribution is 7.13. The normalized spacial score (nSPS) is 14.2. The number of ether oxygens (including phenoxy) is 3. The van der Waals surface area contributed by atoms with Crippen LogP contribution in [-0.4, -0.2) is 25.2 Å². The second-order valence-corrected chi connectivity index (χ2v) is 6.31. The molecule has 2 aromatic rings. The predicted octanol–water partition coefficient (Wildman–Crippen LogP) is 3.67. The first-order valence-electron chi connectivity index (χ1n) is 7.54. The lowest BCUT2D eigenvalue weighted by atomic mass is 9.86. The summed E-state index contributed by atoms with van der Waals surface area (Å²) >= 11 is 1.52. The molecule has 5 nitrogen and oxygen atoms in total. The van der Waals surface area contributed by atoms with Gasteiger partial charge in [0.25, 0.3) is 0 Å². The molecule has 0 spiro atoms. The lowest BCUT2D eigenvalue weighted by Crippen LogP contribution is -2.23. The Labute approximate surface area is 139 Å². The minimum atomic E-state index is -0.100. The van der Waals surface area contributed by atoms with Crippen molar-refractivity contribution < 1.29 is 19.0 Å². The fourth-order valence-electron chi connectivity index (χ4n) is 2.38. The van der Waals surface area contributed by atoms with Crippen molar-refractivity contribution in [2.45, 2.75) is 25.9 Å². The summed E-state index contributed by atoms with van der Waals surface area (Å²) in [5, 5.41) is 2.78. The van der Waals surface area contributed by atoms with Crippen LogP contribution < -0.4 is 9.47 Å². The van der Waals surface area contributed by atoms with E-state index in [4.69, 9.17) is 14.2 Å². The Morgan fingerprint density at radius 1 is 1.26 bits per heavy atom. The summed E-state index contributed by atoms with van der Waals surface area (Å²) in [6.45, 7) is 0.235. The summed E-state index contributed by atoms with van der Waals surface area (Å²) in [5.74, 6) is 1.34. The van der Waals surface area contributed by atoms with Gasteiger partial charge >= 0.3 is 5.97 Å². The highest BCUT2D eigenvalue weighted by Gasteiger charge is 2.26. The van der Waals surface area contributed by atoms with Crippen molar-refractivity contribution in [3.63, 3.8) is 0 Å². The van der Waals surface area contributed by atoms with E-state index >= 15 is 0 Å². The van der Waals surface area contributed by atoms with E-state index < -0.39 is 0 Å². The number of hydrogen-bond acceptors (Lipinski definition) is 6. The van der Waals surface area contributed by atoms with Crippen LogP contribution in [0, 0.1) is 5.92 Å². The van der Waals surface area contributed by atoms with Gasteiger partial charge in [0, 0.05) is 10.9 Å². The van der Waals surface area contributed by atoms with Gasteiger partial charge in [0.05, 0.1) is 25.8 Å². The molecule has 1 aromatic carbocycles. The van der Waals surface area contributed by atoms with Crippen LogP contribution in [0.2, 0.25) is 0 Å². The van der Waals surface area contributed by atoms with Crippen LogP contribution in [0.25, 0.3) is 10.6 Å². The van der Waals surface area contributed by atoms with Crippen molar-refractivity contribution in [3.05, 3.63) is 29.3 Å². The molecular weight excluding hydrogens is 314 g/mol. The van der Waals surface area contributed by atoms with Crippen LogP contribution in [-0.2, 0) is 16.1 Å². The lowest BCUT2D eigenvalue weighted by Gasteiger charge is -2.22. The van der Waals surface area contributed by atoms with Crippen LogP contribution in [0.3, 0.4) is 0 Å². The molecule has 1 aliphatic rings. The second kappa shape index (κ2) is 7.00. The number of nitrogens with zero attached hydrogens (tertiary/aromatic N) is 1. The molecule has 122 valence electrons. The third-order valence-electron chi connectivity index (χ3n) is 3.98. The number of carbonyl (C=O) groups is 1. The van der Waals surface area contributed by atoms with Gasteiger partial charge in [-0.2, -0.15) is 0 Å². The average molecular weight is 333 g/mol. The molecule has 0 amide bonds. The monoisotopic (exact) mass is 333 g/mol. The van der Waals surface area contributed by atoms with E-state index in [1.807, 2.05) is 23.6 Å². The first kappa shape index (κ1) is 15.8. The van der Waals surface area contributed by atoms with Crippen LogP contribution in [0.5, 0.6) is 11.5 Å². The second-order valence-electron chi connectivity index (χ2n) is 5.45. The zero-order valence-electron chi connectivity index (χ0n) is 13.2. The molecule has 23 heavy (non-hydrogen) atoms. The van der Waals surface area contributed by atoms with E-state index in [2.05, 4.69) is 4.98 Å². The number of aromatic nitrogens is 1. The third kappa shape index (κ3) is 3.47. The van der Waals surface area contributed by atoms with Gasteiger partial charge in [-0.15, -0.1) is 11.3 Å². The number of benzene rings is 1. The van der Waals surface area contributed by atoms with E-state index in [0.717, 1.165) is 35.5 Å². The van der Waals surface area contributed by atoms with E-state index in [1.165, 1.54) is 11.3 Å². The van der Waals surface area contributed by atoms with Crippen molar-refractivity contribution in [2.75, 3.05) is 14.2 Å². The highest BCUT2D eigenvalue weighted by Crippen LogP contribution is 2.33.